The molecule has 1 spiro atoms. The van der Waals surface area contributed by atoms with E-state index in [4.69, 9.17) is 0 Å². The summed E-state index contributed by atoms with van der Waals surface area (Å²) in [5.74, 6) is 1.83. The Morgan fingerprint density at radius 1 is 1.20 bits per heavy atom. The van der Waals surface area contributed by atoms with Gasteiger partial charge in [0.15, 0.2) is 0 Å². The summed E-state index contributed by atoms with van der Waals surface area (Å²) in [6.45, 7) is 8.41. The molecule has 0 aromatic heterocycles. The number of hydrogen-bond acceptors (Lipinski definition) is 1. The number of rotatable bonds is 2. The average Bonchev–Trinajstić information content (AvgIpc) is 2.54. The van der Waals surface area contributed by atoms with E-state index in [2.05, 4.69) is 26.1 Å². The molecule has 1 aliphatic carbocycles. The van der Waals surface area contributed by atoms with Gasteiger partial charge in [0.25, 0.3) is 0 Å². The lowest BCUT2D eigenvalue weighted by Gasteiger charge is -2.41. The Kier molecular flexibility index (Phi) is 3.39. The highest BCUT2D eigenvalue weighted by Gasteiger charge is 2.43. The zero-order chi connectivity index (χ0) is 10.9. The smallest absolute Gasteiger partial charge is 0.0126 e. The van der Waals surface area contributed by atoms with Crippen molar-refractivity contribution in [2.45, 2.75) is 65.3 Å². The zero-order valence-corrected chi connectivity index (χ0v) is 10.7. The van der Waals surface area contributed by atoms with Crippen LogP contribution >= 0.6 is 0 Å². The van der Waals surface area contributed by atoms with E-state index < -0.39 is 0 Å². The number of nitrogens with one attached hydrogen (secondary N) is 1. The topological polar surface area (TPSA) is 12.0 Å². The fourth-order valence-corrected chi connectivity index (χ4v) is 3.63. The molecule has 15 heavy (non-hydrogen) atoms. The van der Waals surface area contributed by atoms with Crippen LogP contribution in [0.3, 0.4) is 0 Å². The predicted molar refractivity (Wildman–Crippen MR) is 65.9 cm³/mol. The van der Waals surface area contributed by atoms with Crippen LogP contribution in [0.15, 0.2) is 0 Å². The van der Waals surface area contributed by atoms with Gasteiger partial charge < -0.3 is 5.32 Å². The molecular weight excluding hydrogens is 182 g/mol. The third kappa shape index (κ3) is 2.38. The van der Waals surface area contributed by atoms with Gasteiger partial charge in [0, 0.05) is 6.04 Å². The van der Waals surface area contributed by atoms with Crippen LogP contribution in [0.2, 0.25) is 0 Å². The molecule has 2 aliphatic rings. The van der Waals surface area contributed by atoms with Crippen molar-refractivity contribution in [2.24, 2.45) is 17.3 Å². The van der Waals surface area contributed by atoms with Gasteiger partial charge in [-0.05, 0) is 49.5 Å². The van der Waals surface area contributed by atoms with Gasteiger partial charge in [-0.3, -0.25) is 0 Å². The maximum Gasteiger partial charge on any atom is 0.0126 e. The van der Waals surface area contributed by atoms with Crippen molar-refractivity contribution in [1.29, 1.82) is 0 Å². The highest BCUT2D eigenvalue weighted by atomic mass is 15.0. The molecule has 1 N–H and O–H groups in total. The van der Waals surface area contributed by atoms with Crippen LogP contribution in [0.4, 0.5) is 0 Å². The molecule has 1 nitrogen and oxygen atoms in total. The van der Waals surface area contributed by atoms with E-state index in [0.717, 1.165) is 17.9 Å². The fraction of sp³-hybridized carbons (Fsp3) is 1.00. The zero-order valence-electron chi connectivity index (χ0n) is 10.7. The van der Waals surface area contributed by atoms with E-state index in [1.165, 1.54) is 45.1 Å². The summed E-state index contributed by atoms with van der Waals surface area (Å²) in [6, 6.07) is 0.824. The molecule has 0 bridgehead atoms. The van der Waals surface area contributed by atoms with Crippen LogP contribution in [0.5, 0.6) is 0 Å². The minimum Gasteiger partial charge on any atom is -0.313 e. The monoisotopic (exact) mass is 209 g/mol. The van der Waals surface area contributed by atoms with Gasteiger partial charge in [-0.25, -0.2) is 0 Å². The van der Waals surface area contributed by atoms with Gasteiger partial charge in [0.2, 0.25) is 0 Å². The van der Waals surface area contributed by atoms with Gasteiger partial charge in [-0.2, -0.15) is 0 Å². The van der Waals surface area contributed by atoms with E-state index in [-0.39, 0.29) is 0 Å². The summed E-state index contributed by atoms with van der Waals surface area (Å²) in [7, 11) is 0. The summed E-state index contributed by atoms with van der Waals surface area (Å²) < 4.78 is 0. The molecule has 0 aromatic rings. The molecular formula is C14H27N. The first-order valence-electron chi connectivity index (χ1n) is 6.86. The Balaban J connectivity index is 1.99. The lowest BCUT2D eigenvalue weighted by Crippen LogP contribution is -2.40. The van der Waals surface area contributed by atoms with Crippen molar-refractivity contribution in [3.8, 4) is 0 Å². The van der Waals surface area contributed by atoms with E-state index in [0.29, 0.717) is 5.41 Å². The van der Waals surface area contributed by atoms with Gasteiger partial charge in [-0.1, -0.05) is 33.6 Å². The Hall–Kier alpha value is -0.0400. The Morgan fingerprint density at radius 2 is 1.87 bits per heavy atom. The van der Waals surface area contributed by atoms with Gasteiger partial charge >= 0.3 is 0 Å². The van der Waals surface area contributed by atoms with E-state index >= 15 is 0 Å². The quantitative estimate of drug-likeness (QED) is 0.733. The Morgan fingerprint density at radius 3 is 2.47 bits per heavy atom. The van der Waals surface area contributed by atoms with Crippen LogP contribution in [0.1, 0.15) is 59.3 Å². The molecule has 1 saturated carbocycles. The standard InChI is InChI=1S/C14H27N/c1-11(2)10-13-14(8-9-15-13)6-4-12(3)5-7-14/h11-13,15H,4-10H2,1-3H3. The first-order chi connectivity index (χ1) is 7.12. The molecule has 1 saturated heterocycles. The average molecular weight is 209 g/mol. The summed E-state index contributed by atoms with van der Waals surface area (Å²) in [5.41, 5.74) is 0.691. The van der Waals surface area contributed by atoms with Gasteiger partial charge in [-0.15, -0.1) is 0 Å². The minimum absolute atomic E-state index is 0.691. The third-order valence-electron chi connectivity index (χ3n) is 4.73. The normalized spacial score (nSPS) is 41.6. The first-order valence-corrected chi connectivity index (χ1v) is 6.86. The van der Waals surface area contributed by atoms with E-state index in [1.54, 1.807) is 0 Å². The lowest BCUT2D eigenvalue weighted by atomic mass is 9.65. The molecule has 1 unspecified atom stereocenters. The fourth-order valence-electron chi connectivity index (χ4n) is 3.63. The van der Waals surface area contributed by atoms with E-state index in [1.807, 2.05) is 0 Å². The lowest BCUT2D eigenvalue weighted by molar-refractivity contribution is 0.124. The minimum atomic E-state index is 0.691. The summed E-state index contributed by atoms with van der Waals surface area (Å²) in [6.07, 6.45) is 8.73. The molecule has 1 atom stereocenters. The molecule has 0 amide bonds. The number of hydrogen-bond donors (Lipinski definition) is 1. The van der Waals surface area contributed by atoms with E-state index in [9.17, 15) is 0 Å². The molecule has 0 radical (unpaired) electrons. The molecule has 1 heterocycles. The van der Waals surface area contributed by atoms with Crippen molar-refractivity contribution >= 4 is 0 Å². The van der Waals surface area contributed by atoms with Crippen LogP contribution in [-0.4, -0.2) is 12.6 Å². The van der Waals surface area contributed by atoms with Gasteiger partial charge in [0.1, 0.15) is 0 Å². The molecule has 2 fully saturated rings. The molecule has 88 valence electrons. The van der Waals surface area contributed by atoms with Crippen LogP contribution < -0.4 is 5.32 Å². The van der Waals surface area contributed by atoms with Crippen molar-refractivity contribution in [1.82, 2.24) is 5.32 Å². The second-order valence-corrected chi connectivity index (χ2v) is 6.43. The SMILES string of the molecule is CC(C)CC1NCCC12CCC(C)CC2. The molecule has 2 rings (SSSR count). The van der Waals surface area contributed by atoms with Crippen LogP contribution in [-0.2, 0) is 0 Å². The third-order valence-corrected chi connectivity index (χ3v) is 4.73. The largest absolute Gasteiger partial charge is 0.313 e. The van der Waals surface area contributed by atoms with Crippen molar-refractivity contribution < 1.29 is 0 Å². The van der Waals surface area contributed by atoms with Crippen LogP contribution in [0.25, 0.3) is 0 Å². The molecule has 0 aromatic carbocycles. The second-order valence-electron chi connectivity index (χ2n) is 6.43. The maximum absolute atomic E-state index is 3.76. The van der Waals surface area contributed by atoms with Crippen molar-refractivity contribution in [2.75, 3.05) is 6.54 Å². The van der Waals surface area contributed by atoms with Crippen molar-refractivity contribution in [3.63, 3.8) is 0 Å². The molecule has 1 aliphatic heterocycles. The maximum atomic E-state index is 3.76. The second kappa shape index (κ2) is 4.45. The highest BCUT2D eigenvalue weighted by Crippen LogP contribution is 2.47. The van der Waals surface area contributed by atoms with Crippen molar-refractivity contribution in [3.05, 3.63) is 0 Å². The summed E-state index contributed by atoms with van der Waals surface area (Å²) in [5, 5.41) is 3.76. The van der Waals surface area contributed by atoms with Crippen LogP contribution in [0, 0.1) is 17.3 Å². The highest BCUT2D eigenvalue weighted by molar-refractivity contribution is 4.99. The summed E-state index contributed by atoms with van der Waals surface area (Å²) in [4.78, 5) is 0. The Bertz CT molecular complexity index is 201. The first kappa shape index (κ1) is 11.4. The van der Waals surface area contributed by atoms with Gasteiger partial charge in [0.05, 0.1) is 0 Å². The predicted octanol–water partition coefficient (Wildman–Crippen LogP) is 3.59. The Labute approximate surface area is 95.0 Å². The molecule has 1 heteroatoms. The summed E-state index contributed by atoms with van der Waals surface area (Å²) >= 11 is 0.